The molecule has 2 rings (SSSR count). The van der Waals surface area contributed by atoms with Crippen molar-refractivity contribution < 1.29 is 0 Å². The molecule has 0 spiro atoms. The Labute approximate surface area is 102 Å². The van der Waals surface area contributed by atoms with Crippen molar-refractivity contribution in [2.24, 2.45) is 0 Å². The van der Waals surface area contributed by atoms with Gasteiger partial charge in [-0.15, -0.1) is 0 Å². The van der Waals surface area contributed by atoms with Gasteiger partial charge in [0.2, 0.25) is 0 Å². The molecule has 16 heavy (non-hydrogen) atoms. The van der Waals surface area contributed by atoms with Crippen molar-refractivity contribution >= 4 is 21.6 Å². The molecule has 0 aliphatic rings. The summed E-state index contributed by atoms with van der Waals surface area (Å²) in [7, 11) is 0. The third kappa shape index (κ3) is 2.09. The van der Waals surface area contributed by atoms with Crippen molar-refractivity contribution in [2.45, 2.75) is 19.8 Å². The Morgan fingerprint density at radius 1 is 1.38 bits per heavy atom. The van der Waals surface area contributed by atoms with E-state index in [0.29, 0.717) is 17.4 Å². The molecule has 0 aliphatic heterocycles. The van der Waals surface area contributed by atoms with Gasteiger partial charge in [0.1, 0.15) is 5.82 Å². The number of nitrogen functional groups attached to an aromatic ring is 1. The number of anilines is 1. The van der Waals surface area contributed by atoms with Crippen LogP contribution in [0, 0.1) is 0 Å². The van der Waals surface area contributed by atoms with Gasteiger partial charge in [-0.3, -0.25) is 5.10 Å². The van der Waals surface area contributed by atoms with Gasteiger partial charge in [-0.1, -0.05) is 29.8 Å². The molecule has 0 saturated heterocycles. The lowest BCUT2D eigenvalue weighted by Crippen LogP contribution is -1.92. The predicted molar refractivity (Wildman–Crippen MR) is 68.0 cm³/mol. The molecular weight excluding hydrogens is 268 g/mol. The fraction of sp³-hybridized carbons (Fsp3) is 0.273. The molecular formula is C11H13BrN4. The van der Waals surface area contributed by atoms with Gasteiger partial charge >= 0.3 is 0 Å². The molecule has 0 atom stereocenters. The zero-order valence-corrected chi connectivity index (χ0v) is 10.7. The van der Waals surface area contributed by atoms with Crippen LogP contribution in [-0.4, -0.2) is 15.2 Å². The maximum absolute atomic E-state index is 5.91. The van der Waals surface area contributed by atoms with Crippen LogP contribution in [0.25, 0.3) is 11.4 Å². The first-order valence-corrected chi connectivity index (χ1v) is 5.85. The number of aromatic nitrogens is 3. The minimum atomic E-state index is 0.331. The number of H-pyrrole nitrogens is 1. The molecule has 0 bridgehead atoms. The van der Waals surface area contributed by atoms with E-state index < -0.39 is 0 Å². The van der Waals surface area contributed by atoms with Gasteiger partial charge < -0.3 is 5.73 Å². The van der Waals surface area contributed by atoms with Crippen molar-refractivity contribution in [3.63, 3.8) is 0 Å². The largest absolute Gasteiger partial charge is 0.398 e. The van der Waals surface area contributed by atoms with E-state index in [9.17, 15) is 0 Å². The molecule has 5 heteroatoms. The van der Waals surface area contributed by atoms with E-state index in [0.717, 1.165) is 15.9 Å². The first-order valence-electron chi connectivity index (χ1n) is 5.05. The van der Waals surface area contributed by atoms with Crippen LogP contribution >= 0.6 is 15.9 Å². The molecule has 0 amide bonds. The summed E-state index contributed by atoms with van der Waals surface area (Å²) in [5.74, 6) is 1.85. The first kappa shape index (κ1) is 11.1. The molecule has 1 heterocycles. The lowest BCUT2D eigenvalue weighted by molar-refractivity contribution is 0.781. The SMILES string of the molecule is CC(C)c1nc(-c2ccc(Br)cc2N)n[nH]1. The monoisotopic (exact) mass is 280 g/mol. The standard InChI is InChI=1S/C11H13BrN4/c1-6(2)10-14-11(16-15-10)8-4-3-7(12)5-9(8)13/h3-6H,13H2,1-2H3,(H,14,15,16). The number of hydrogen-bond donors (Lipinski definition) is 2. The van der Waals surface area contributed by atoms with Crippen LogP contribution in [-0.2, 0) is 0 Å². The van der Waals surface area contributed by atoms with E-state index in [1.807, 2.05) is 18.2 Å². The topological polar surface area (TPSA) is 67.6 Å². The van der Waals surface area contributed by atoms with E-state index in [-0.39, 0.29) is 0 Å². The molecule has 4 nitrogen and oxygen atoms in total. The van der Waals surface area contributed by atoms with E-state index >= 15 is 0 Å². The number of halogens is 1. The fourth-order valence-electron chi connectivity index (χ4n) is 1.39. The van der Waals surface area contributed by atoms with Crippen molar-refractivity contribution in [1.29, 1.82) is 0 Å². The minimum Gasteiger partial charge on any atom is -0.398 e. The second kappa shape index (κ2) is 4.25. The van der Waals surface area contributed by atoms with Gasteiger partial charge in [0, 0.05) is 21.6 Å². The summed E-state index contributed by atoms with van der Waals surface area (Å²) in [5, 5.41) is 7.08. The third-order valence-corrected chi connectivity index (χ3v) is 2.80. The third-order valence-electron chi connectivity index (χ3n) is 2.30. The number of hydrogen-bond acceptors (Lipinski definition) is 3. The lowest BCUT2D eigenvalue weighted by atomic mass is 10.1. The molecule has 3 N–H and O–H groups in total. The Morgan fingerprint density at radius 3 is 2.69 bits per heavy atom. The highest BCUT2D eigenvalue weighted by Crippen LogP contribution is 2.26. The number of nitrogens with one attached hydrogen (secondary N) is 1. The molecule has 2 aromatic rings. The highest BCUT2D eigenvalue weighted by molar-refractivity contribution is 9.10. The van der Waals surface area contributed by atoms with Gasteiger partial charge in [-0.25, -0.2) is 4.98 Å². The maximum atomic E-state index is 5.91. The second-order valence-electron chi connectivity index (χ2n) is 3.93. The zero-order chi connectivity index (χ0) is 11.7. The average Bonchev–Trinajstić information content (AvgIpc) is 2.66. The Balaban J connectivity index is 2.42. The summed E-state index contributed by atoms with van der Waals surface area (Å²) >= 11 is 3.37. The number of benzene rings is 1. The van der Waals surface area contributed by atoms with Crippen molar-refractivity contribution in [1.82, 2.24) is 15.2 Å². The summed E-state index contributed by atoms with van der Waals surface area (Å²) < 4.78 is 0.952. The number of nitrogens with two attached hydrogens (primary N) is 1. The summed E-state index contributed by atoms with van der Waals surface area (Å²) in [4.78, 5) is 4.41. The van der Waals surface area contributed by atoms with E-state index in [4.69, 9.17) is 5.73 Å². The van der Waals surface area contributed by atoms with E-state index in [2.05, 4.69) is 45.0 Å². The van der Waals surface area contributed by atoms with Crippen LogP contribution in [0.5, 0.6) is 0 Å². The highest BCUT2D eigenvalue weighted by Gasteiger charge is 2.10. The zero-order valence-electron chi connectivity index (χ0n) is 9.16. The minimum absolute atomic E-state index is 0.331. The second-order valence-corrected chi connectivity index (χ2v) is 4.85. The maximum Gasteiger partial charge on any atom is 0.183 e. The van der Waals surface area contributed by atoms with Crippen LogP contribution in [0.1, 0.15) is 25.6 Å². The summed E-state index contributed by atoms with van der Waals surface area (Å²) in [6.07, 6.45) is 0. The predicted octanol–water partition coefficient (Wildman–Crippen LogP) is 2.94. The molecule has 0 saturated carbocycles. The van der Waals surface area contributed by atoms with Crippen molar-refractivity contribution in [2.75, 3.05) is 5.73 Å². The first-order chi connectivity index (χ1) is 7.58. The van der Waals surface area contributed by atoms with E-state index in [1.54, 1.807) is 0 Å². The van der Waals surface area contributed by atoms with Crippen LogP contribution in [0.3, 0.4) is 0 Å². The van der Waals surface area contributed by atoms with Gasteiger partial charge in [0.15, 0.2) is 5.82 Å². The van der Waals surface area contributed by atoms with Gasteiger partial charge in [0.25, 0.3) is 0 Å². The van der Waals surface area contributed by atoms with Gasteiger partial charge in [0.05, 0.1) is 0 Å². The number of aromatic amines is 1. The number of nitrogens with zero attached hydrogens (tertiary/aromatic N) is 2. The normalized spacial score (nSPS) is 11.0. The smallest absolute Gasteiger partial charge is 0.183 e. The summed E-state index contributed by atoms with van der Waals surface area (Å²) in [5.41, 5.74) is 7.44. The summed E-state index contributed by atoms with van der Waals surface area (Å²) in [6.45, 7) is 4.13. The highest BCUT2D eigenvalue weighted by atomic mass is 79.9. The van der Waals surface area contributed by atoms with Crippen LogP contribution in [0.15, 0.2) is 22.7 Å². The Kier molecular flexibility index (Phi) is 2.96. The Bertz CT molecular complexity index is 504. The lowest BCUT2D eigenvalue weighted by Gasteiger charge is -2.01. The molecule has 84 valence electrons. The van der Waals surface area contributed by atoms with Crippen LogP contribution < -0.4 is 5.73 Å². The molecule has 0 fully saturated rings. The van der Waals surface area contributed by atoms with Crippen molar-refractivity contribution in [3.8, 4) is 11.4 Å². The quantitative estimate of drug-likeness (QED) is 0.831. The average molecular weight is 281 g/mol. The molecule has 1 aromatic heterocycles. The molecule has 0 aliphatic carbocycles. The fourth-order valence-corrected chi connectivity index (χ4v) is 1.77. The molecule has 1 aromatic carbocycles. The van der Waals surface area contributed by atoms with Crippen LogP contribution in [0.4, 0.5) is 5.69 Å². The Hall–Kier alpha value is -1.36. The van der Waals surface area contributed by atoms with Gasteiger partial charge in [-0.05, 0) is 18.2 Å². The number of rotatable bonds is 2. The van der Waals surface area contributed by atoms with Gasteiger partial charge in [-0.2, -0.15) is 5.10 Å². The van der Waals surface area contributed by atoms with E-state index in [1.165, 1.54) is 0 Å². The molecule has 0 unspecified atom stereocenters. The van der Waals surface area contributed by atoms with Crippen molar-refractivity contribution in [3.05, 3.63) is 28.5 Å². The summed E-state index contributed by atoms with van der Waals surface area (Å²) in [6, 6.07) is 5.69. The Morgan fingerprint density at radius 2 is 2.12 bits per heavy atom. The molecule has 0 radical (unpaired) electrons. The van der Waals surface area contributed by atoms with Crippen LogP contribution in [0.2, 0.25) is 0 Å².